The molecular formula is C16H27N3O6. The molecule has 142 valence electrons. The van der Waals surface area contributed by atoms with Crippen molar-refractivity contribution in [2.24, 2.45) is 0 Å². The lowest BCUT2D eigenvalue weighted by Gasteiger charge is -2.26. The van der Waals surface area contributed by atoms with E-state index in [1.54, 1.807) is 20.8 Å². The van der Waals surface area contributed by atoms with Crippen LogP contribution < -0.4 is 10.6 Å². The lowest BCUT2D eigenvalue weighted by molar-refractivity contribution is -0.149. The molecule has 0 bridgehead atoms. The van der Waals surface area contributed by atoms with Crippen molar-refractivity contribution in [3.8, 4) is 0 Å². The van der Waals surface area contributed by atoms with Crippen LogP contribution in [0.2, 0.25) is 0 Å². The van der Waals surface area contributed by atoms with E-state index in [0.717, 1.165) is 0 Å². The molecule has 1 fully saturated rings. The number of amides is 3. The van der Waals surface area contributed by atoms with Crippen LogP contribution in [0, 0.1) is 0 Å². The van der Waals surface area contributed by atoms with Gasteiger partial charge in [-0.1, -0.05) is 0 Å². The number of hydrogen-bond donors (Lipinski definition) is 3. The number of likely N-dealkylation sites (tertiary alicyclic amines) is 1. The van der Waals surface area contributed by atoms with E-state index in [0.29, 0.717) is 19.4 Å². The molecule has 3 amide bonds. The highest BCUT2D eigenvalue weighted by Gasteiger charge is 2.36. The van der Waals surface area contributed by atoms with Crippen LogP contribution in [0.4, 0.5) is 4.79 Å². The predicted molar refractivity (Wildman–Crippen MR) is 88.8 cm³/mol. The average molecular weight is 357 g/mol. The summed E-state index contributed by atoms with van der Waals surface area (Å²) in [6.07, 6.45) is 0.276. The maximum Gasteiger partial charge on any atom is 0.408 e. The Labute approximate surface area is 147 Å². The Bertz CT molecular complexity index is 542. The first-order valence-corrected chi connectivity index (χ1v) is 8.25. The van der Waals surface area contributed by atoms with Gasteiger partial charge >= 0.3 is 12.1 Å². The fraction of sp³-hybridized carbons (Fsp3) is 0.750. The Morgan fingerprint density at radius 2 is 1.72 bits per heavy atom. The lowest BCUT2D eigenvalue weighted by Crippen LogP contribution is -2.54. The van der Waals surface area contributed by atoms with Crippen LogP contribution in [0.1, 0.15) is 47.5 Å². The summed E-state index contributed by atoms with van der Waals surface area (Å²) in [6, 6.07) is -2.65. The van der Waals surface area contributed by atoms with E-state index in [9.17, 15) is 19.2 Å². The third-order valence-corrected chi connectivity index (χ3v) is 3.68. The summed E-state index contributed by atoms with van der Waals surface area (Å²) >= 11 is 0. The Morgan fingerprint density at radius 1 is 1.12 bits per heavy atom. The zero-order valence-electron chi connectivity index (χ0n) is 15.3. The summed E-state index contributed by atoms with van der Waals surface area (Å²) in [6.45, 7) is 8.40. The Hall–Kier alpha value is -2.32. The summed E-state index contributed by atoms with van der Waals surface area (Å²) < 4.78 is 5.06. The highest BCUT2D eigenvalue weighted by molar-refractivity contribution is 5.92. The number of carboxylic acids is 1. The summed E-state index contributed by atoms with van der Waals surface area (Å²) in [5.41, 5.74) is -0.689. The van der Waals surface area contributed by atoms with Crippen molar-refractivity contribution in [2.45, 2.75) is 71.2 Å². The minimum atomic E-state index is -1.05. The number of alkyl carbamates (subject to hydrolysis) is 1. The van der Waals surface area contributed by atoms with Gasteiger partial charge in [-0.15, -0.1) is 0 Å². The summed E-state index contributed by atoms with van der Waals surface area (Å²) in [5, 5.41) is 14.0. The number of carbonyl (C=O) groups excluding carboxylic acids is 3. The second-order valence-corrected chi connectivity index (χ2v) is 7.13. The quantitative estimate of drug-likeness (QED) is 0.657. The molecule has 9 nitrogen and oxygen atoms in total. The number of ether oxygens (including phenoxy) is 1. The maximum atomic E-state index is 12.4. The number of rotatable bonds is 5. The van der Waals surface area contributed by atoms with Crippen LogP contribution in [0.25, 0.3) is 0 Å². The van der Waals surface area contributed by atoms with E-state index in [2.05, 4.69) is 10.6 Å². The molecule has 9 heteroatoms. The number of hydrogen-bond acceptors (Lipinski definition) is 5. The molecular weight excluding hydrogens is 330 g/mol. The number of aliphatic carboxylic acids is 1. The first-order valence-electron chi connectivity index (χ1n) is 8.25. The summed E-state index contributed by atoms with van der Waals surface area (Å²) in [5.74, 6) is -2.06. The molecule has 3 atom stereocenters. The molecule has 3 N–H and O–H groups in total. The Balaban J connectivity index is 2.56. The second-order valence-electron chi connectivity index (χ2n) is 7.13. The van der Waals surface area contributed by atoms with Gasteiger partial charge in [0.25, 0.3) is 0 Å². The van der Waals surface area contributed by atoms with E-state index in [-0.39, 0.29) is 0 Å². The van der Waals surface area contributed by atoms with Crippen LogP contribution in [0.5, 0.6) is 0 Å². The molecule has 0 spiro atoms. The molecule has 0 unspecified atom stereocenters. The Morgan fingerprint density at radius 3 is 2.24 bits per heavy atom. The fourth-order valence-electron chi connectivity index (χ4n) is 2.49. The monoisotopic (exact) mass is 357 g/mol. The normalized spacial score (nSPS) is 19.7. The number of carbonyl (C=O) groups is 4. The van der Waals surface area contributed by atoms with Gasteiger partial charge in [0.15, 0.2) is 0 Å². The third-order valence-electron chi connectivity index (χ3n) is 3.68. The molecule has 25 heavy (non-hydrogen) atoms. The van der Waals surface area contributed by atoms with Crippen molar-refractivity contribution in [1.82, 2.24) is 15.5 Å². The minimum Gasteiger partial charge on any atom is -0.480 e. The minimum absolute atomic E-state index is 0.349. The van der Waals surface area contributed by atoms with Crippen LogP contribution in [-0.2, 0) is 19.1 Å². The zero-order chi connectivity index (χ0) is 19.4. The topological polar surface area (TPSA) is 125 Å². The zero-order valence-corrected chi connectivity index (χ0v) is 15.3. The van der Waals surface area contributed by atoms with Gasteiger partial charge in [0, 0.05) is 6.54 Å². The average Bonchev–Trinajstić information content (AvgIpc) is 2.93. The van der Waals surface area contributed by atoms with Crippen LogP contribution in [0.3, 0.4) is 0 Å². The Kier molecular flexibility index (Phi) is 6.78. The van der Waals surface area contributed by atoms with Crippen molar-refractivity contribution < 1.29 is 29.0 Å². The smallest absolute Gasteiger partial charge is 0.408 e. The lowest BCUT2D eigenvalue weighted by atomic mass is 10.2. The van der Waals surface area contributed by atoms with Gasteiger partial charge in [-0.25, -0.2) is 9.59 Å². The number of nitrogens with one attached hydrogen (secondary N) is 2. The first kappa shape index (κ1) is 20.7. The van der Waals surface area contributed by atoms with Gasteiger partial charge in [0.1, 0.15) is 23.7 Å². The van der Waals surface area contributed by atoms with Gasteiger partial charge in [-0.3, -0.25) is 9.59 Å². The summed E-state index contributed by atoms with van der Waals surface area (Å²) in [4.78, 5) is 48.6. The molecule has 1 rings (SSSR count). The van der Waals surface area contributed by atoms with E-state index < -0.39 is 47.6 Å². The highest BCUT2D eigenvalue weighted by Crippen LogP contribution is 2.18. The molecule has 1 aliphatic rings. The molecule has 0 aromatic rings. The van der Waals surface area contributed by atoms with E-state index in [1.165, 1.54) is 18.7 Å². The van der Waals surface area contributed by atoms with E-state index >= 15 is 0 Å². The molecule has 0 aromatic heterocycles. The fourth-order valence-corrected chi connectivity index (χ4v) is 2.49. The van der Waals surface area contributed by atoms with Crippen LogP contribution in [0.15, 0.2) is 0 Å². The van der Waals surface area contributed by atoms with Gasteiger partial charge in [0.2, 0.25) is 11.8 Å². The molecule has 0 radical (unpaired) electrons. The van der Waals surface area contributed by atoms with Gasteiger partial charge in [-0.2, -0.15) is 0 Å². The molecule has 0 aliphatic carbocycles. The highest BCUT2D eigenvalue weighted by atomic mass is 16.6. The second kappa shape index (κ2) is 8.17. The van der Waals surface area contributed by atoms with Crippen molar-refractivity contribution in [2.75, 3.05) is 6.54 Å². The number of carboxylic acid groups (broad SMARTS) is 1. The molecule has 1 aliphatic heterocycles. The van der Waals surface area contributed by atoms with Gasteiger partial charge < -0.3 is 25.4 Å². The van der Waals surface area contributed by atoms with Gasteiger partial charge in [0.05, 0.1) is 0 Å². The van der Waals surface area contributed by atoms with Crippen molar-refractivity contribution >= 4 is 23.9 Å². The molecule has 0 saturated carbocycles. The largest absolute Gasteiger partial charge is 0.480 e. The third kappa shape index (κ3) is 6.24. The van der Waals surface area contributed by atoms with Crippen molar-refractivity contribution in [3.63, 3.8) is 0 Å². The SMILES string of the molecule is C[C@H](NC(=O)[C@@H](C)NC(=O)OC(C)(C)C)C(=O)N1CCC[C@H]1C(=O)O. The van der Waals surface area contributed by atoms with E-state index in [4.69, 9.17) is 9.84 Å². The maximum absolute atomic E-state index is 12.4. The predicted octanol–water partition coefficient (Wildman–Crippen LogP) is 0.480. The standard InChI is InChI=1S/C16H27N3O6/c1-9(18-15(24)25-16(3,4)5)12(20)17-10(2)13(21)19-8-6-7-11(19)14(22)23/h9-11H,6-8H2,1-5H3,(H,17,20)(H,18,24)(H,22,23)/t9-,10+,11+/m1/s1. The van der Waals surface area contributed by atoms with Crippen LogP contribution >= 0.6 is 0 Å². The molecule has 0 aromatic carbocycles. The first-order chi connectivity index (χ1) is 11.4. The van der Waals surface area contributed by atoms with Gasteiger partial charge in [-0.05, 0) is 47.5 Å². The van der Waals surface area contributed by atoms with Crippen molar-refractivity contribution in [3.05, 3.63) is 0 Å². The molecule has 1 heterocycles. The summed E-state index contributed by atoms with van der Waals surface area (Å²) in [7, 11) is 0. The van der Waals surface area contributed by atoms with Crippen LogP contribution in [-0.4, -0.2) is 64.2 Å². The van der Waals surface area contributed by atoms with E-state index in [1.807, 2.05) is 0 Å². The number of nitrogens with zero attached hydrogens (tertiary/aromatic N) is 1. The van der Waals surface area contributed by atoms with Crippen molar-refractivity contribution in [1.29, 1.82) is 0 Å². The molecule has 1 saturated heterocycles.